The monoisotopic (exact) mass is 529 g/mol. The van der Waals surface area contributed by atoms with Gasteiger partial charge in [0.15, 0.2) is 0 Å². The van der Waals surface area contributed by atoms with Crippen molar-refractivity contribution in [3.05, 3.63) is 47.3 Å². The van der Waals surface area contributed by atoms with E-state index in [0.29, 0.717) is 19.4 Å². The molecule has 12 heteroatoms. The van der Waals surface area contributed by atoms with E-state index in [9.17, 15) is 26.4 Å². The van der Waals surface area contributed by atoms with Crippen LogP contribution in [0.4, 0.5) is 13.2 Å². The van der Waals surface area contributed by atoms with E-state index in [1.807, 2.05) is 6.92 Å². The summed E-state index contributed by atoms with van der Waals surface area (Å²) >= 11 is 0. The molecule has 2 atom stereocenters. The quantitative estimate of drug-likeness (QED) is 0.298. The lowest BCUT2D eigenvalue weighted by Crippen LogP contribution is -2.54. The van der Waals surface area contributed by atoms with Crippen LogP contribution in [-0.4, -0.2) is 61.5 Å². The van der Waals surface area contributed by atoms with Crippen LogP contribution in [0.15, 0.2) is 35.0 Å². The molecule has 1 fully saturated rings. The van der Waals surface area contributed by atoms with E-state index in [4.69, 9.17) is 4.52 Å². The molecule has 2 unspecified atom stereocenters. The average Bonchev–Trinajstić information content (AvgIpc) is 3.38. The van der Waals surface area contributed by atoms with E-state index in [1.54, 1.807) is 12.1 Å². The Kier molecular flexibility index (Phi) is 8.06. The number of aromatic nitrogens is 1. The van der Waals surface area contributed by atoms with Gasteiger partial charge in [0.05, 0.1) is 12.2 Å². The van der Waals surface area contributed by atoms with Crippen molar-refractivity contribution in [2.75, 3.05) is 19.6 Å². The Morgan fingerprint density at radius 3 is 2.61 bits per heavy atom. The van der Waals surface area contributed by atoms with Crippen molar-refractivity contribution in [3.8, 4) is 5.75 Å². The fourth-order valence-electron chi connectivity index (χ4n) is 5.31. The molecule has 1 aliphatic heterocycles. The Morgan fingerprint density at radius 1 is 1.22 bits per heavy atom. The fourth-order valence-corrected chi connectivity index (χ4v) is 5.77. The summed E-state index contributed by atoms with van der Waals surface area (Å²) in [4.78, 5) is 15.8. The lowest BCUT2D eigenvalue weighted by molar-refractivity contribution is -0.0500. The summed E-state index contributed by atoms with van der Waals surface area (Å²) in [6, 6.07) is 5.32. The van der Waals surface area contributed by atoms with E-state index < -0.39 is 21.7 Å². The molecule has 36 heavy (non-hydrogen) atoms. The van der Waals surface area contributed by atoms with Crippen LogP contribution in [0.5, 0.6) is 5.75 Å². The minimum Gasteiger partial charge on any atom is -0.376 e. The van der Waals surface area contributed by atoms with E-state index in [2.05, 4.69) is 19.6 Å². The molecule has 0 spiro atoms. The number of benzene rings is 1. The first kappa shape index (κ1) is 26.6. The number of nitrogens with one attached hydrogen (secondary N) is 1. The van der Waals surface area contributed by atoms with E-state index >= 15 is 0 Å². The van der Waals surface area contributed by atoms with Gasteiger partial charge in [0, 0.05) is 12.1 Å². The molecule has 1 N–H and O–H groups in total. The van der Waals surface area contributed by atoms with Gasteiger partial charge in [-0.3, -0.25) is 9.69 Å². The number of piperidine rings is 1. The van der Waals surface area contributed by atoms with Crippen LogP contribution in [0.1, 0.15) is 54.3 Å². The Bertz CT molecular complexity index is 1150. The van der Waals surface area contributed by atoms with Gasteiger partial charge in [-0.05, 0) is 87.3 Å². The smallest absolute Gasteiger partial charge is 0.376 e. The fraction of sp³-hybridized carbons (Fsp3) is 0.583. The maximum atomic E-state index is 13.6. The van der Waals surface area contributed by atoms with Crippen LogP contribution >= 0.6 is 0 Å². The number of hydrogen-bond acceptors (Lipinski definition) is 8. The third kappa shape index (κ3) is 5.76. The predicted octanol–water partition coefficient (Wildman–Crippen LogP) is 3.72. The average molecular weight is 530 g/mol. The Labute approximate surface area is 208 Å². The van der Waals surface area contributed by atoms with Gasteiger partial charge in [0.2, 0.25) is 11.5 Å². The second kappa shape index (κ2) is 10.9. The van der Waals surface area contributed by atoms with Crippen LogP contribution in [-0.2, 0) is 23.0 Å². The van der Waals surface area contributed by atoms with Crippen LogP contribution in [0, 0.1) is 5.92 Å². The van der Waals surface area contributed by atoms with Crippen LogP contribution in [0.2, 0.25) is 0 Å². The maximum Gasteiger partial charge on any atom is 0.534 e. The number of carbonyl (C=O) groups excluding carboxylic acids is 1. The zero-order chi connectivity index (χ0) is 25.9. The Balaban J connectivity index is 1.62. The lowest BCUT2D eigenvalue weighted by Gasteiger charge is -2.43. The summed E-state index contributed by atoms with van der Waals surface area (Å²) < 4.78 is 71.0. The predicted molar refractivity (Wildman–Crippen MR) is 125 cm³/mol. The molecule has 0 saturated carbocycles. The first-order valence-corrected chi connectivity index (χ1v) is 13.6. The third-order valence-electron chi connectivity index (χ3n) is 6.96. The zero-order valence-electron chi connectivity index (χ0n) is 20.0. The van der Waals surface area contributed by atoms with Gasteiger partial charge in [-0.25, -0.2) is 0 Å². The second-order valence-corrected chi connectivity index (χ2v) is 10.9. The van der Waals surface area contributed by atoms with E-state index in [0.717, 1.165) is 49.9 Å². The van der Waals surface area contributed by atoms with Gasteiger partial charge in [-0.15, -0.1) is 0 Å². The molecular formula is C24H30F3N3O5S. The van der Waals surface area contributed by atoms with Crippen molar-refractivity contribution in [2.24, 2.45) is 5.92 Å². The van der Waals surface area contributed by atoms with Crippen molar-refractivity contribution in [1.82, 2.24) is 15.4 Å². The first-order chi connectivity index (χ1) is 17.1. The SMILES string of the molecule is CCCN(C1CCc2ccc(OS(=O)(=O)C(F)(F)F)cc2C1)C(C(=O)c1ccno1)C1CCNCC1. The molecule has 2 aromatic rings. The molecule has 198 valence electrons. The molecule has 2 heterocycles. The van der Waals surface area contributed by atoms with Gasteiger partial charge in [-0.2, -0.15) is 21.6 Å². The van der Waals surface area contributed by atoms with Gasteiger partial charge < -0.3 is 14.0 Å². The van der Waals surface area contributed by atoms with Crippen molar-refractivity contribution < 1.29 is 35.1 Å². The summed E-state index contributed by atoms with van der Waals surface area (Å²) in [6.07, 6.45) is 5.80. The van der Waals surface area contributed by atoms with E-state index in [-0.39, 0.29) is 29.3 Å². The molecule has 8 nitrogen and oxygen atoms in total. The molecule has 0 radical (unpaired) electrons. The molecule has 4 rings (SSSR count). The van der Waals surface area contributed by atoms with Gasteiger partial charge in [0.25, 0.3) is 0 Å². The highest BCUT2D eigenvalue weighted by Crippen LogP contribution is 2.34. The number of Topliss-reactive ketones (excluding diaryl/α,β-unsaturated/α-hetero) is 1. The van der Waals surface area contributed by atoms with Crippen LogP contribution in [0.3, 0.4) is 0 Å². The number of alkyl halides is 3. The lowest BCUT2D eigenvalue weighted by atomic mass is 9.81. The number of carbonyl (C=O) groups is 1. The Morgan fingerprint density at radius 2 is 1.97 bits per heavy atom. The summed E-state index contributed by atoms with van der Waals surface area (Å²) in [5.74, 6) is -0.166. The minimum atomic E-state index is -5.76. The zero-order valence-corrected chi connectivity index (χ0v) is 20.8. The third-order valence-corrected chi connectivity index (χ3v) is 7.94. The van der Waals surface area contributed by atoms with Gasteiger partial charge in [0.1, 0.15) is 5.75 Å². The van der Waals surface area contributed by atoms with Crippen LogP contribution < -0.4 is 9.50 Å². The summed E-state index contributed by atoms with van der Waals surface area (Å²) in [5.41, 5.74) is -3.86. The number of rotatable bonds is 9. The maximum absolute atomic E-state index is 13.6. The van der Waals surface area contributed by atoms with Gasteiger partial charge in [-0.1, -0.05) is 18.1 Å². The normalized spacial score (nSPS) is 20.2. The van der Waals surface area contributed by atoms with Crippen molar-refractivity contribution in [2.45, 2.75) is 63.0 Å². The number of halogens is 3. The highest BCUT2D eigenvalue weighted by atomic mass is 32.2. The van der Waals surface area contributed by atoms with Crippen LogP contribution in [0.25, 0.3) is 0 Å². The highest BCUT2D eigenvalue weighted by Gasteiger charge is 2.48. The minimum absolute atomic E-state index is 0.0568. The number of fused-ring (bicyclic) bond motifs is 1. The van der Waals surface area contributed by atoms with Crippen molar-refractivity contribution >= 4 is 15.9 Å². The van der Waals surface area contributed by atoms with Crippen molar-refractivity contribution in [1.29, 1.82) is 0 Å². The second-order valence-electron chi connectivity index (χ2n) is 9.32. The summed E-state index contributed by atoms with van der Waals surface area (Å²) in [6.45, 7) is 4.32. The highest BCUT2D eigenvalue weighted by molar-refractivity contribution is 7.88. The molecule has 1 aliphatic carbocycles. The topological polar surface area (TPSA) is 102 Å². The van der Waals surface area contributed by atoms with Gasteiger partial charge >= 0.3 is 15.6 Å². The summed E-state index contributed by atoms with van der Waals surface area (Å²) in [7, 11) is -5.76. The molecule has 1 aromatic carbocycles. The number of ketones is 1. The Hall–Kier alpha value is -2.44. The first-order valence-electron chi connectivity index (χ1n) is 12.1. The standard InChI is InChI=1S/C24H30F3N3O5S/c1-2-13-30(22(17-7-10-28-11-8-17)23(31)21-9-12-29-34-21)19-5-3-16-4-6-20(15-18(16)14-19)35-36(32,33)24(25,26)27/h4,6,9,12,15,17,19,22,28H,2-3,5,7-8,10-11,13-14H2,1H3. The van der Waals surface area contributed by atoms with E-state index in [1.165, 1.54) is 18.3 Å². The molecule has 0 bridgehead atoms. The largest absolute Gasteiger partial charge is 0.534 e. The summed E-state index contributed by atoms with van der Waals surface area (Å²) in [5, 5.41) is 7.04. The van der Waals surface area contributed by atoms with Crippen molar-refractivity contribution in [3.63, 3.8) is 0 Å². The molecule has 0 amide bonds. The number of nitrogens with zero attached hydrogens (tertiary/aromatic N) is 2. The number of aryl methyl sites for hydroxylation is 1. The number of hydrogen-bond donors (Lipinski definition) is 1. The molecule has 1 aromatic heterocycles. The molecular weight excluding hydrogens is 499 g/mol. The molecule has 2 aliphatic rings. The molecule has 1 saturated heterocycles.